The van der Waals surface area contributed by atoms with Gasteiger partial charge in [0.25, 0.3) is 0 Å². The van der Waals surface area contributed by atoms with Gasteiger partial charge in [0, 0.05) is 11.3 Å². The molecular formula is C9H9ClOS. The topological polar surface area (TPSA) is 17.1 Å². The standard InChI is InChI=1S/C9H9ClOS/c10-9-5-4-8(12-9)6-2-1-3-7(6)11/h4-6H,1-3H2. The maximum absolute atomic E-state index is 11.3. The molecule has 0 amide bonds. The van der Waals surface area contributed by atoms with Crippen LogP contribution in [0.3, 0.4) is 0 Å². The Labute approximate surface area is 80.4 Å². The van der Waals surface area contributed by atoms with E-state index in [2.05, 4.69) is 0 Å². The van der Waals surface area contributed by atoms with E-state index in [0.29, 0.717) is 5.78 Å². The number of rotatable bonds is 1. The molecule has 1 heterocycles. The number of carbonyl (C=O) groups excluding carboxylic acids is 1. The molecule has 1 fully saturated rings. The molecule has 0 spiro atoms. The van der Waals surface area contributed by atoms with E-state index in [1.807, 2.05) is 12.1 Å². The summed E-state index contributed by atoms with van der Waals surface area (Å²) in [6.07, 6.45) is 2.80. The zero-order valence-corrected chi connectivity index (χ0v) is 8.12. The van der Waals surface area contributed by atoms with Crippen LogP contribution in [0.5, 0.6) is 0 Å². The van der Waals surface area contributed by atoms with Gasteiger partial charge in [-0.25, -0.2) is 0 Å². The number of thiophene rings is 1. The number of halogens is 1. The number of Topliss-reactive ketones (excluding diaryl/α,β-unsaturated/α-hetero) is 1. The monoisotopic (exact) mass is 200 g/mol. The third kappa shape index (κ3) is 1.41. The minimum absolute atomic E-state index is 0.155. The van der Waals surface area contributed by atoms with Crippen LogP contribution in [0.25, 0.3) is 0 Å². The summed E-state index contributed by atoms with van der Waals surface area (Å²) in [5.74, 6) is 0.538. The lowest BCUT2D eigenvalue weighted by atomic mass is 10.1. The fourth-order valence-corrected chi connectivity index (χ4v) is 2.85. The molecule has 0 radical (unpaired) electrons. The van der Waals surface area contributed by atoms with Crippen molar-refractivity contribution in [2.45, 2.75) is 25.2 Å². The summed E-state index contributed by atoms with van der Waals surface area (Å²) >= 11 is 7.33. The van der Waals surface area contributed by atoms with Gasteiger partial charge in [-0.3, -0.25) is 4.79 Å². The highest BCUT2D eigenvalue weighted by Gasteiger charge is 2.26. The van der Waals surface area contributed by atoms with Crippen molar-refractivity contribution >= 4 is 28.7 Å². The first-order valence-corrected chi connectivity index (χ1v) is 5.25. The maximum atomic E-state index is 11.3. The molecule has 1 aromatic heterocycles. The zero-order chi connectivity index (χ0) is 8.55. The highest BCUT2D eigenvalue weighted by Crippen LogP contribution is 2.36. The second-order valence-electron chi connectivity index (χ2n) is 3.05. The largest absolute Gasteiger partial charge is 0.299 e. The van der Waals surface area contributed by atoms with Crippen molar-refractivity contribution < 1.29 is 4.79 Å². The molecule has 12 heavy (non-hydrogen) atoms. The molecule has 1 unspecified atom stereocenters. The Kier molecular flexibility index (Phi) is 2.20. The van der Waals surface area contributed by atoms with Crippen molar-refractivity contribution in [3.05, 3.63) is 21.3 Å². The van der Waals surface area contributed by atoms with E-state index in [1.165, 1.54) is 11.3 Å². The molecular weight excluding hydrogens is 192 g/mol. The van der Waals surface area contributed by atoms with Crippen molar-refractivity contribution in [1.82, 2.24) is 0 Å². The van der Waals surface area contributed by atoms with E-state index in [0.717, 1.165) is 28.5 Å². The first kappa shape index (κ1) is 8.27. The fourth-order valence-electron chi connectivity index (χ4n) is 1.63. The van der Waals surface area contributed by atoms with Crippen LogP contribution in [-0.2, 0) is 4.79 Å². The van der Waals surface area contributed by atoms with Crippen molar-refractivity contribution in [3.8, 4) is 0 Å². The van der Waals surface area contributed by atoms with E-state index in [-0.39, 0.29) is 5.92 Å². The summed E-state index contributed by atoms with van der Waals surface area (Å²) in [5.41, 5.74) is 0. The Balaban J connectivity index is 2.24. The molecule has 1 nitrogen and oxygen atoms in total. The Hall–Kier alpha value is -0.340. The minimum Gasteiger partial charge on any atom is -0.299 e. The maximum Gasteiger partial charge on any atom is 0.141 e. The van der Waals surface area contributed by atoms with Crippen molar-refractivity contribution in [2.75, 3.05) is 0 Å². The van der Waals surface area contributed by atoms with Gasteiger partial charge in [0.1, 0.15) is 5.78 Å². The van der Waals surface area contributed by atoms with Crippen molar-refractivity contribution in [3.63, 3.8) is 0 Å². The first-order valence-electron chi connectivity index (χ1n) is 4.05. The van der Waals surface area contributed by atoms with Crippen molar-refractivity contribution in [1.29, 1.82) is 0 Å². The predicted molar refractivity (Wildman–Crippen MR) is 50.9 cm³/mol. The number of hydrogen-bond donors (Lipinski definition) is 0. The van der Waals surface area contributed by atoms with Gasteiger partial charge in [-0.15, -0.1) is 11.3 Å². The Morgan fingerprint density at radius 1 is 1.50 bits per heavy atom. The summed E-state index contributed by atoms with van der Waals surface area (Å²) in [5, 5.41) is 0. The number of ketones is 1. The van der Waals surface area contributed by atoms with Crippen molar-refractivity contribution in [2.24, 2.45) is 0 Å². The lowest BCUT2D eigenvalue weighted by Gasteiger charge is -2.02. The van der Waals surface area contributed by atoms with Crippen LogP contribution in [0.1, 0.15) is 30.1 Å². The lowest BCUT2D eigenvalue weighted by molar-refractivity contribution is -0.118. The summed E-state index contributed by atoms with van der Waals surface area (Å²) in [6, 6.07) is 3.84. The van der Waals surface area contributed by atoms with Gasteiger partial charge < -0.3 is 0 Å². The Morgan fingerprint density at radius 2 is 2.33 bits per heavy atom. The average Bonchev–Trinajstić information content (AvgIpc) is 2.58. The molecule has 1 atom stereocenters. The quantitative estimate of drug-likeness (QED) is 0.680. The Morgan fingerprint density at radius 3 is 2.83 bits per heavy atom. The SMILES string of the molecule is O=C1CCCC1c1ccc(Cl)s1. The van der Waals surface area contributed by atoms with Crippen LogP contribution in [0.15, 0.2) is 12.1 Å². The summed E-state index contributed by atoms with van der Waals surface area (Å²) in [7, 11) is 0. The average molecular weight is 201 g/mol. The van der Waals surface area contributed by atoms with E-state index < -0.39 is 0 Å². The molecule has 1 saturated carbocycles. The van der Waals surface area contributed by atoms with Crippen LogP contribution in [0, 0.1) is 0 Å². The molecule has 1 aromatic rings. The van der Waals surface area contributed by atoms with E-state index in [9.17, 15) is 4.79 Å². The highest BCUT2D eigenvalue weighted by atomic mass is 35.5. The minimum atomic E-state index is 0.155. The molecule has 1 aliphatic carbocycles. The summed E-state index contributed by atoms with van der Waals surface area (Å²) in [6.45, 7) is 0. The Bertz CT molecular complexity index is 305. The first-order chi connectivity index (χ1) is 5.77. The molecule has 64 valence electrons. The van der Waals surface area contributed by atoms with E-state index in [1.54, 1.807) is 0 Å². The van der Waals surface area contributed by atoms with Crippen LogP contribution < -0.4 is 0 Å². The van der Waals surface area contributed by atoms with Gasteiger partial charge in [-0.1, -0.05) is 11.6 Å². The van der Waals surface area contributed by atoms with Gasteiger partial charge in [-0.05, 0) is 25.0 Å². The van der Waals surface area contributed by atoms with Gasteiger partial charge in [-0.2, -0.15) is 0 Å². The second-order valence-corrected chi connectivity index (χ2v) is 4.80. The number of carbonyl (C=O) groups is 1. The third-order valence-electron chi connectivity index (χ3n) is 2.24. The van der Waals surface area contributed by atoms with Crippen LogP contribution >= 0.6 is 22.9 Å². The molecule has 3 heteroatoms. The van der Waals surface area contributed by atoms with Crippen LogP contribution in [0.4, 0.5) is 0 Å². The summed E-state index contributed by atoms with van der Waals surface area (Å²) < 4.78 is 0.782. The highest BCUT2D eigenvalue weighted by molar-refractivity contribution is 7.16. The zero-order valence-electron chi connectivity index (χ0n) is 6.55. The van der Waals surface area contributed by atoms with E-state index in [4.69, 9.17) is 11.6 Å². The molecule has 0 saturated heterocycles. The molecule has 0 aliphatic heterocycles. The smallest absolute Gasteiger partial charge is 0.141 e. The van der Waals surface area contributed by atoms with E-state index >= 15 is 0 Å². The second kappa shape index (κ2) is 3.19. The predicted octanol–water partition coefficient (Wildman–Crippen LogP) is 3.24. The fraction of sp³-hybridized carbons (Fsp3) is 0.444. The number of hydrogen-bond acceptors (Lipinski definition) is 2. The van der Waals surface area contributed by atoms with Gasteiger partial charge in [0.15, 0.2) is 0 Å². The van der Waals surface area contributed by atoms with Crippen LogP contribution in [0.2, 0.25) is 4.34 Å². The van der Waals surface area contributed by atoms with Gasteiger partial charge in [0.05, 0.1) is 10.3 Å². The van der Waals surface area contributed by atoms with Gasteiger partial charge >= 0.3 is 0 Å². The normalized spacial score (nSPS) is 23.4. The lowest BCUT2D eigenvalue weighted by Crippen LogP contribution is -2.01. The summed E-state index contributed by atoms with van der Waals surface area (Å²) in [4.78, 5) is 12.5. The molecule has 0 bridgehead atoms. The molecule has 0 N–H and O–H groups in total. The third-order valence-corrected chi connectivity index (χ3v) is 3.59. The molecule has 0 aromatic carbocycles. The molecule has 2 rings (SSSR count). The molecule has 1 aliphatic rings. The van der Waals surface area contributed by atoms with Gasteiger partial charge in [0.2, 0.25) is 0 Å². The van der Waals surface area contributed by atoms with Crippen LogP contribution in [-0.4, -0.2) is 5.78 Å².